The summed E-state index contributed by atoms with van der Waals surface area (Å²) in [4.78, 5) is 8.29. The van der Waals surface area contributed by atoms with E-state index in [9.17, 15) is 0 Å². The van der Waals surface area contributed by atoms with Gasteiger partial charge in [-0.1, -0.05) is 20.8 Å². The van der Waals surface area contributed by atoms with Crippen LogP contribution in [0.2, 0.25) is 0 Å². The number of halogens is 1. The Balaban J connectivity index is 2.82. The maximum Gasteiger partial charge on any atom is 0.170 e. The highest BCUT2D eigenvalue weighted by molar-refractivity contribution is 9.10. The van der Waals surface area contributed by atoms with Crippen molar-refractivity contribution in [2.75, 3.05) is 11.1 Å². The minimum Gasteiger partial charge on any atom is -0.381 e. The first kappa shape index (κ1) is 12.2. The predicted molar refractivity (Wildman–Crippen MR) is 66.7 cm³/mol. The van der Waals surface area contributed by atoms with Crippen molar-refractivity contribution in [3.63, 3.8) is 0 Å². The number of nitrogens with one attached hydrogen (secondary N) is 1. The van der Waals surface area contributed by atoms with Crippen molar-refractivity contribution < 1.29 is 0 Å². The Hall–Kier alpha value is -0.840. The normalized spacial score (nSPS) is 12.9. The molecule has 0 spiro atoms. The zero-order valence-electron chi connectivity index (χ0n) is 9.29. The number of anilines is 2. The van der Waals surface area contributed by atoms with Crippen LogP contribution in [0.15, 0.2) is 10.8 Å². The molecular weight excluding hydrogens is 256 g/mol. The summed E-state index contributed by atoms with van der Waals surface area (Å²) in [5.74, 6) is 1.64. The third kappa shape index (κ3) is 3.34. The summed E-state index contributed by atoms with van der Waals surface area (Å²) in [5, 5.41) is 3.31. The molecule has 0 bridgehead atoms. The van der Waals surface area contributed by atoms with E-state index in [0.29, 0.717) is 28.2 Å². The van der Waals surface area contributed by atoms with Gasteiger partial charge < -0.3 is 11.1 Å². The van der Waals surface area contributed by atoms with Crippen molar-refractivity contribution in [2.45, 2.75) is 33.2 Å². The third-order valence-electron chi connectivity index (χ3n) is 2.34. The van der Waals surface area contributed by atoms with Gasteiger partial charge in [-0.25, -0.2) is 9.97 Å². The lowest BCUT2D eigenvalue weighted by Crippen LogP contribution is -2.26. The Morgan fingerprint density at radius 3 is 2.73 bits per heavy atom. The lowest BCUT2D eigenvalue weighted by atomic mass is 10.0. The summed E-state index contributed by atoms with van der Waals surface area (Å²) >= 11 is 3.28. The molecule has 3 N–H and O–H groups in total. The molecule has 0 radical (unpaired) electrons. The van der Waals surface area contributed by atoms with Gasteiger partial charge in [-0.05, 0) is 28.3 Å². The molecule has 0 amide bonds. The van der Waals surface area contributed by atoms with Crippen LogP contribution in [0, 0.1) is 5.92 Å². The van der Waals surface area contributed by atoms with E-state index in [1.807, 2.05) is 0 Å². The second kappa shape index (κ2) is 5.30. The molecule has 0 aliphatic heterocycles. The maximum atomic E-state index is 5.74. The zero-order chi connectivity index (χ0) is 11.4. The number of hydrogen-bond acceptors (Lipinski definition) is 4. The molecule has 5 heteroatoms. The topological polar surface area (TPSA) is 63.8 Å². The van der Waals surface area contributed by atoms with E-state index in [-0.39, 0.29) is 0 Å². The highest BCUT2D eigenvalue weighted by atomic mass is 79.9. The summed E-state index contributed by atoms with van der Waals surface area (Å²) in [6, 6.07) is 0.371. The first-order valence-electron chi connectivity index (χ1n) is 5.09. The molecule has 0 saturated carbocycles. The van der Waals surface area contributed by atoms with Crippen LogP contribution >= 0.6 is 15.9 Å². The minimum absolute atomic E-state index is 0.371. The molecule has 84 valence electrons. The lowest BCUT2D eigenvalue weighted by Gasteiger charge is -2.21. The Kier molecular flexibility index (Phi) is 4.32. The fourth-order valence-corrected chi connectivity index (χ4v) is 1.68. The van der Waals surface area contributed by atoms with E-state index >= 15 is 0 Å². The molecule has 0 fully saturated rings. The Labute approximate surface area is 98.8 Å². The monoisotopic (exact) mass is 272 g/mol. The van der Waals surface area contributed by atoms with Crippen molar-refractivity contribution in [3.8, 4) is 0 Å². The summed E-state index contributed by atoms with van der Waals surface area (Å²) in [6.45, 7) is 6.48. The smallest absolute Gasteiger partial charge is 0.170 e. The third-order valence-corrected chi connectivity index (χ3v) is 2.72. The summed E-state index contributed by atoms with van der Waals surface area (Å²) in [5.41, 5.74) is 5.74. The number of nitrogens with zero attached hydrogens (tertiary/aromatic N) is 2. The molecule has 1 atom stereocenters. The number of nitrogen functional groups attached to an aromatic ring is 1. The van der Waals surface area contributed by atoms with Crippen LogP contribution in [0.1, 0.15) is 27.2 Å². The second-order valence-electron chi connectivity index (χ2n) is 3.83. The molecule has 0 aliphatic rings. The molecular formula is C10H17BrN4. The highest BCUT2D eigenvalue weighted by Crippen LogP contribution is 2.19. The van der Waals surface area contributed by atoms with Crippen molar-refractivity contribution in [3.05, 3.63) is 10.8 Å². The maximum absolute atomic E-state index is 5.74. The second-order valence-corrected chi connectivity index (χ2v) is 4.64. The van der Waals surface area contributed by atoms with Gasteiger partial charge in [0.2, 0.25) is 0 Å². The lowest BCUT2D eigenvalue weighted by molar-refractivity contribution is 0.510. The first-order chi connectivity index (χ1) is 7.04. The fourth-order valence-electron chi connectivity index (χ4n) is 1.40. The van der Waals surface area contributed by atoms with Crippen LogP contribution in [-0.4, -0.2) is 16.0 Å². The van der Waals surface area contributed by atoms with Gasteiger partial charge in [0.1, 0.15) is 4.60 Å². The number of hydrogen-bond donors (Lipinski definition) is 2. The summed E-state index contributed by atoms with van der Waals surface area (Å²) in [6.07, 6.45) is 2.63. The SMILES string of the molecule is CCC(Nc1nc(Br)cnc1N)C(C)C. The molecule has 1 unspecified atom stereocenters. The quantitative estimate of drug-likeness (QED) is 0.885. The number of aromatic nitrogens is 2. The van der Waals surface area contributed by atoms with Gasteiger partial charge >= 0.3 is 0 Å². The molecule has 0 saturated heterocycles. The van der Waals surface area contributed by atoms with Crippen LogP contribution in [0.4, 0.5) is 11.6 Å². The van der Waals surface area contributed by atoms with E-state index in [2.05, 4.69) is 52.0 Å². The van der Waals surface area contributed by atoms with Crippen molar-refractivity contribution >= 4 is 27.6 Å². The van der Waals surface area contributed by atoms with Gasteiger partial charge in [0.25, 0.3) is 0 Å². The molecule has 0 aliphatic carbocycles. The zero-order valence-corrected chi connectivity index (χ0v) is 10.9. The van der Waals surface area contributed by atoms with Crippen molar-refractivity contribution in [2.24, 2.45) is 5.92 Å². The summed E-state index contributed by atoms with van der Waals surface area (Å²) < 4.78 is 0.692. The van der Waals surface area contributed by atoms with Gasteiger partial charge in [-0.3, -0.25) is 0 Å². The number of rotatable bonds is 4. The molecule has 4 nitrogen and oxygen atoms in total. The van der Waals surface area contributed by atoms with E-state index in [1.54, 1.807) is 6.20 Å². The molecule has 1 heterocycles. The van der Waals surface area contributed by atoms with Gasteiger partial charge in [0.15, 0.2) is 11.6 Å². The predicted octanol–water partition coefficient (Wildman–Crippen LogP) is 2.67. The van der Waals surface area contributed by atoms with Crippen molar-refractivity contribution in [1.82, 2.24) is 9.97 Å². The Morgan fingerprint density at radius 1 is 1.53 bits per heavy atom. The van der Waals surface area contributed by atoms with E-state index in [0.717, 1.165) is 6.42 Å². The molecule has 1 rings (SSSR count). The highest BCUT2D eigenvalue weighted by Gasteiger charge is 2.13. The van der Waals surface area contributed by atoms with Crippen LogP contribution in [0.25, 0.3) is 0 Å². The molecule has 1 aromatic rings. The van der Waals surface area contributed by atoms with Crippen LogP contribution in [0.5, 0.6) is 0 Å². The standard InChI is InChI=1S/C10H17BrN4/c1-4-7(6(2)3)14-10-9(12)13-5-8(11)15-10/h5-7H,4H2,1-3H3,(H2,12,13)(H,14,15). The first-order valence-corrected chi connectivity index (χ1v) is 5.88. The average molecular weight is 273 g/mol. The van der Waals surface area contributed by atoms with E-state index in [4.69, 9.17) is 5.73 Å². The fraction of sp³-hybridized carbons (Fsp3) is 0.600. The Morgan fingerprint density at radius 2 is 2.20 bits per heavy atom. The molecule has 15 heavy (non-hydrogen) atoms. The molecule has 1 aromatic heterocycles. The largest absolute Gasteiger partial charge is 0.381 e. The minimum atomic E-state index is 0.371. The average Bonchev–Trinajstić information content (AvgIpc) is 2.18. The van der Waals surface area contributed by atoms with Gasteiger partial charge in [-0.2, -0.15) is 0 Å². The summed E-state index contributed by atoms with van der Waals surface area (Å²) in [7, 11) is 0. The van der Waals surface area contributed by atoms with E-state index in [1.165, 1.54) is 0 Å². The van der Waals surface area contributed by atoms with Crippen LogP contribution < -0.4 is 11.1 Å². The van der Waals surface area contributed by atoms with Gasteiger partial charge in [0, 0.05) is 6.04 Å². The number of nitrogens with two attached hydrogens (primary N) is 1. The molecule has 0 aromatic carbocycles. The van der Waals surface area contributed by atoms with Gasteiger partial charge in [0.05, 0.1) is 6.20 Å². The Bertz CT molecular complexity index is 327. The van der Waals surface area contributed by atoms with E-state index < -0.39 is 0 Å². The van der Waals surface area contributed by atoms with Crippen molar-refractivity contribution in [1.29, 1.82) is 0 Å². The van der Waals surface area contributed by atoms with Gasteiger partial charge in [-0.15, -0.1) is 0 Å². The van der Waals surface area contributed by atoms with Crippen LogP contribution in [0.3, 0.4) is 0 Å². The van der Waals surface area contributed by atoms with Crippen LogP contribution in [-0.2, 0) is 0 Å².